The maximum atomic E-state index is 11.8. The third-order valence-electron chi connectivity index (χ3n) is 2.47. The smallest absolute Gasteiger partial charge is 0.308 e. The van der Waals surface area contributed by atoms with Crippen molar-refractivity contribution in [2.24, 2.45) is 0 Å². The molecule has 1 aromatic heterocycles. The molecule has 6 heteroatoms. The van der Waals surface area contributed by atoms with E-state index in [0.29, 0.717) is 10.4 Å². The van der Waals surface area contributed by atoms with Gasteiger partial charge in [0.15, 0.2) is 4.73 Å². The van der Waals surface area contributed by atoms with E-state index >= 15 is 0 Å². The van der Waals surface area contributed by atoms with E-state index in [1.54, 1.807) is 0 Å². The Morgan fingerprint density at radius 2 is 1.89 bits per heavy atom. The lowest BCUT2D eigenvalue weighted by Gasteiger charge is -2.08. The highest BCUT2D eigenvalue weighted by atomic mass is 79.9. The van der Waals surface area contributed by atoms with Gasteiger partial charge in [0.1, 0.15) is 0 Å². The van der Waals surface area contributed by atoms with Crippen LogP contribution >= 0.6 is 15.9 Å². The molecule has 2 amide bonds. The van der Waals surface area contributed by atoms with Crippen LogP contribution in [-0.2, 0) is 6.42 Å². The molecule has 0 unspecified atom stereocenters. The predicted octanol–water partition coefficient (Wildman–Crippen LogP) is 3.45. The number of halogens is 1. The Balaban J connectivity index is 1.99. The number of benzene rings is 1. The van der Waals surface area contributed by atoms with Gasteiger partial charge in [-0.15, -0.1) is 0 Å². The Morgan fingerprint density at radius 3 is 2.58 bits per heavy atom. The van der Waals surface area contributed by atoms with Crippen molar-refractivity contribution in [3.05, 3.63) is 47.0 Å². The van der Waals surface area contributed by atoms with Gasteiger partial charge < -0.3 is 10.6 Å². The van der Waals surface area contributed by atoms with E-state index in [2.05, 4.69) is 43.5 Å². The maximum absolute atomic E-state index is 11.8. The van der Waals surface area contributed by atoms with Crippen molar-refractivity contribution in [2.75, 3.05) is 10.6 Å². The second-order valence-corrected chi connectivity index (χ2v) is 4.58. The molecular formula is C13H13BrN4O. The van der Waals surface area contributed by atoms with Gasteiger partial charge in [0.25, 0.3) is 0 Å². The third-order valence-corrected chi connectivity index (χ3v) is 2.88. The summed E-state index contributed by atoms with van der Waals surface area (Å²) in [5.74, 6) is 0. The lowest BCUT2D eigenvalue weighted by atomic mass is 10.1. The van der Waals surface area contributed by atoms with Gasteiger partial charge in [-0.25, -0.2) is 14.8 Å². The summed E-state index contributed by atoms with van der Waals surface area (Å²) >= 11 is 3.13. The molecule has 0 bridgehead atoms. The molecule has 0 aliphatic rings. The van der Waals surface area contributed by atoms with Crippen LogP contribution in [0.25, 0.3) is 0 Å². The van der Waals surface area contributed by atoms with Crippen LogP contribution in [0.4, 0.5) is 16.2 Å². The second-order valence-electron chi connectivity index (χ2n) is 3.87. The van der Waals surface area contributed by atoms with Gasteiger partial charge >= 0.3 is 6.03 Å². The Labute approximate surface area is 119 Å². The minimum absolute atomic E-state index is 0.320. The zero-order chi connectivity index (χ0) is 13.7. The van der Waals surface area contributed by atoms with Crippen LogP contribution in [0.3, 0.4) is 0 Å². The highest BCUT2D eigenvalue weighted by molar-refractivity contribution is 9.10. The first-order chi connectivity index (χ1) is 9.17. The summed E-state index contributed by atoms with van der Waals surface area (Å²) in [4.78, 5) is 19.6. The molecule has 2 rings (SSSR count). The molecule has 0 fully saturated rings. The van der Waals surface area contributed by atoms with Gasteiger partial charge in [-0.2, -0.15) is 0 Å². The number of hydrogen-bond acceptors (Lipinski definition) is 3. The van der Waals surface area contributed by atoms with E-state index in [1.807, 2.05) is 24.3 Å². The molecule has 98 valence electrons. The second kappa shape index (κ2) is 6.29. The first-order valence-electron chi connectivity index (χ1n) is 5.82. The molecule has 1 heterocycles. The molecule has 2 N–H and O–H groups in total. The van der Waals surface area contributed by atoms with E-state index in [9.17, 15) is 4.79 Å². The summed E-state index contributed by atoms with van der Waals surface area (Å²) in [7, 11) is 0. The first kappa shape index (κ1) is 13.5. The molecule has 0 atom stereocenters. The maximum Gasteiger partial charge on any atom is 0.323 e. The van der Waals surface area contributed by atoms with Gasteiger partial charge in [0.2, 0.25) is 0 Å². The van der Waals surface area contributed by atoms with E-state index < -0.39 is 0 Å². The molecule has 1 aromatic carbocycles. The standard InChI is InChI=1S/C13H13BrN4O/c1-2-9-4-3-5-10(6-9)17-13(19)18-11-7-15-12(14)16-8-11/h3-8H,2H2,1H3,(H2,17,18,19). The first-order valence-corrected chi connectivity index (χ1v) is 6.61. The van der Waals surface area contributed by atoms with Crippen molar-refractivity contribution in [3.8, 4) is 0 Å². The van der Waals surface area contributed by atoms with Crippen LogP contribution in [0, 0.1) is 0 Å². The van der Waals surface area contributed by atoms with E-state index in [1.165, 1.54) is 18.0 Å². The number of carbonyl (C=O) groups excluding carboxylic acids is 1. The third kappa shape index (κ3) is 4.03. The number of anilines is 2. The summed E-state index contributed by atoms with van der Waals surface area (Å²) < 4.78 is 0.481. The van der Waals surface area contributed by atoms with Crippen molar-refractivity contribution in [3.63, 3.8) is 0 Å². The number of amides is 2. The van der Waals surface area contributed by atoms with Crippen LogP contribution < -0.4 is 10.6 Å². The van der Waals surface area contributed by atoms with Crippen molar-refractivity contribution in [1.29, 1.82) is 0 Å². The zero-order valence-corrected chi connectivity index (χ0v) is 11.9. The number of aryl methyl sites for hydroxylation is 1. The number of nitrogens with zero attached hydrogens (tertiary/aromatic N) is 2. The Bertz CT molecular complexity index is 571. The van der Waals surface area contributed by atoms with E-state index in [0.717, 1.165) is 12.1 Å². The fraction of sp³-hybridized carbons (Fsp3) is 0.154. The van der Waals surface area contributed by atoms with Crippen molar-refractivity contribution in [1.82, 2.24) is 9.97 Å². The highest BCUT2D eigenvalue weighted by Crippen LogP contribution is 2.12. The molecule has 0 saturated carbocycles. The summed E-state index contributed by atoms with van der Waals surface area (Å²) in [5, 5.41) is 5.42. The lowest BCUT2D eigenvalue weighted by Crippen LogP contribution is -2.19. The van der Waals surface area contributed by atoms with Crippen LogP contribution in [0.2, 0.25) is 0 Å². The summed E-state index contributed by atoms with van der Waals surface area (Å²) in [6.07, 6.45) is 3.98. The normalized spacial score (nSPS) is 10.0. The van der Waals surface area contributed by atoms with Crippen molar-refractivity contribution < 1.29 is 4.79 Å². The average Bonchev–Trinajstić information content (AvgIpc) is 2.41. The molecule has 0 spiro atoms. The van der Waals surface area contributed by atoms with Crippen LogP contribution in [0.1, 0.15) is 12.5 Å². The number of nitrogens with one attached hydrogen (secondary N) is 2. The Hall–Kier alpha value is -1.95. The Kier molecular flexibility index (Phi) is 4.46. The van der Waals surface area contributed by atoms with E-state index in [4.69, 9.17) is 0 Å². The summed E-state index contributed by atoms with van der Waals surface area (Å²) in [6, 6.07) is 7.40. The summed E-state index contributed by atoms with van der Waals surface area (Å²) in [5.41, 5.74) is 2.46. The number of hydrogen-bond donors (Lipinski definition) is 2. The zero-order valence-electron chi connectivity index (χ0n) is 10.4. The van der Waals surface area contributed by atoms with Crippen LogP contribution in [0.15, 0.2) is 41.4 Å². The molecule has 5 nitrogen and oxygen atoms in total. The van der Waals surface area contributed by atoms with Crippen molar-refractivity contribution >= 4 is 33.3 Å². The van der Waals surface area contributed by atoms with Gasteiger partial charge in [0.05, 0.1) is 18.1 Å². The van der Waals surface area contributed by atoms with Crippen molar-refractivity contribution in [2.45, 2.75) is 13.3 Å². The number of carbonyl (C=O) groups is 1. The van der Waals surface area contributed by atoms with E-state index in [-0.39, 0.29) is 6.03 Å². The Morgan fingerprint density at radius 1 is 1.21 bits per heavy atom. The molecule has 0 saturated heterocycles. The topological polar surface area (TPSA) is 66.9 Å². The molecule has 0 aliphatic carbocycles. The number of aromatic nitrogens is 2. The highest BCUT2D eigenvalue weighted by Gasteiger charge is 2.03. The summed E-state index contributed by atoms with van der Waals surface area (Å²) in [6.45, 7) is 2.07. The van der Waals surface area contributed by atoms with Gasteiger partial charge in [-0.3, -0.25) is 0 Å². The molecule has 0 radical (unpaired) electrons. The minimum Gasteiger partial charge on any atom is -0.308 e. The minimum atomic E-state index is -0.320. The average molecular weight is 321 g/mol. The monoisotopic (exact) mass is 320 g/mol. The lowest BCUT2D eigenvalue weighted by molar-refractivity contribution is 0.262. The largest absolute Gasteiger partial charge is 0.323 e. The molecule has 19 heavy (non-hydrogen) atoms. The SMILES string of the molecule is CCc1cccc(NC(=O)Nc2cnc(Br)nc2)c1. The fourth-order valence-electron chi connectivity index (χ4n) is 1.54. The predicted molar refractivity (Wildman–Crippen MR) is 78.2 cm³/mol. The van der Waals surface area contributed by atoms with Crippen LogP contribution in [0.5, 0.6) is 0 Å². The van der Waals surface area contributed by atoms with Gasteiger partial charge in [-0.05, 0) is 40.0 Å². The fourth-order valence-corrected chi connectivity index (χ4v) is 1.74. The van der Waals surface area contributed by atoms with Gasteiger partial charge in [0, 0.05) is 5.69 Å². The van der Waals surface area contributed by atoms with Crippen LogP contribution in [-0.4, -0.2) is 16.0 Å². The molecular weight excluding hydrogens is 308 g/mol. The quantitative estimate of drug-likeness (QED) is 0.851. The number of urea groups is 1. The molecule has 0 aliphatic heterocycles. The number of rotatable bonds is 3. The van der Waals surface area contributed by atoms with Gasteiger partial charge in [-0.1, -0.05) is 19.1 Å². The molecule has 2 aromatic rings.